The number of nitrogens with one attached hydrogen (secondary N) is 2. The van der Waals surface area contributed by atoms with Crippen molar-refractivity contribution in [2.24, 2.45) is 5.73 Å². The van der Waals surface area contributed by atoms with E-state index in [2.05, 4.69) is 43.3 Å². The first-order valence-electron chi connectivity index (χ1n) is 12.8. The standard InChI is InChI=1S/C30H32N6O2.ClH/c1-38-24-14-11-22(12-15-24)20-36-28(16-13-21-7-3-2-4-8-21)34-35-30(36)27(33-29(37)18-31)17-23-19-32-26-10-6-5-9-25(23)26;/h2-12,14-15,19,27,32H,13,16-18,20,31H2,1H3,(H,33,37);1H. The molecule has 5 rings (SSSR count). The third-order valence-electron chi connectivity index (χ3n) is 6.77. The van der Waals surface area contributed by atoms with Gasteiger partial charge in [-0.2, -0.15) is 0 Å². The van der Waals surface area contributed by atoms with E-state index >= 15 is 0 Å². The summed E-state index contributed by atoms with van der Waals surface area (Å²) in [4.78, 5) is 15.9. The summed E-state index contributed by atoms with van der Waals surface area (Å²) in [7, 11) is 1.66. The van der Waals surface area contributed by atoms with Crippen molar-refractivity contribution in [3.8, 4) is 5.75 Å². The Balaban J connectivity index is 0.00000353. The molecule has 5 aromatic rings. The maximum Gasteiger partial charge on any atom is 0.234 e. The lowest BCUT2D eigenvalue weighted by Crippen LogP contribution is -2.36. The van der Waals surface area contributed by atoms with E-state index in [1.165, 1.54) is 5.56 Å². The number of hydrogen-bond acceptors (Lipinski definition) is 5. The minimum atomic E-state index is -0.401. The third kappa shape index (κ3) is 6.66. The minimum Gasteiger partial charge on any atom is -0.497 e. The van der Waals surface area contributed by atoms with Gasteiger partial charge in [-0.25, -0.2) is 0 Å². The van der Waals surface area contributed by atoms with Crippen molar-refractivity contribution in [3.63, 3.8) is 0 Å². The van der Waals surface area contributed by atoms with Gasteiger partial charge in [0.05, 0.1) is 26.2 Å². The molecule has 0 saturated heterocycles. The van der Waals surface area contributed by atoms with Crippen LogP contribution < -0.4 is 15.8 Å². The van der Waals surface area contributed by atoms with E-state index in [1.54, 1.807) is 7.11 Å². The molecule has 9 heteroatoms. The molecule has 0 aliphatic rings. The van der Waals surface area contributed by atoms with Crippen LogP contribution in [0.4, 0.5) is 0 Å². The normalized spacial score (nSPS) is 11.6. The topological polar surface area (TPSA) is 111 Å². The van der Waals surface area contributed by atoms with E-state index in [9.17, 15) is 4.79 Å². The summed E-state index contributed by atoms with van der Waals surface area (Å²) >= 11 is 0. The van der Waals surface area contributed by atoms with Crippen molar-refractivity contribution in [3.05, 3.63) is 113 Å². The predicted octanol–water partition coefficient (Wildman–Crippen LogP) is 4.38. The number of methoxy groups -OCH3 is 1. The van der Waals surface area contributed by atoms with Crippen molar-refractivity contribution in [2.75, 3.05) is 13.7 Å². The average molecular weight is 545 g/mol. The SMILES string of the molecule is COc1ccc(Cn2c(CCc3ccccc3)nnc2C(Cc2c[nH]c3ccccc23)NC(=O)CN)cc1.Cl. The molecule has 0 radical (unpaired) electrons. The Kier molecular flexibility index (Phi) is 9.35. The van der Waals surface area contributed by atoms with E-state index in [1.807, 2.05) is 66.9 Å². The van der Waals surface area contributed by atoms with Gasteiger partial charge in [0.1, 0.15) is 11.6 Å². The van der Waals surface area contributed by atoms with Gasteiger partial charge in [-0.1, -0.05) is 60.7 Å². The zero-order chi connectivity index (χ0) is 26.3. The van der Waals surface area contributed by atoms with Gasteiger partial charge in [-0.3, -0.25) is 4.79 Å². The first kappa shape index (κ1) is 27.9. The molecule has 1 atom stereocenters. The Bertz CT molecular complexity index is 1500. The number of aromatic amines is 1. The molecule has 2 aromatic heterocycles. The zero-order valence-corrected chi connectivity index (χ0v) is 22.7. The summed E-state index contributed by atoms with van der Waals surface area (Å²) in [5.74, 6) is 2.13. The van der Waals surface area contributed by atoms with E-state index in [4.69, 9.17) is 10.5 Å². The highest BCUT2D eigenvalue weighted by atomic mass is 35.5. The largest absolute Gasteiger partial charge is 0.497 e. The Morgan fingerprint density at radius 2 is 1.72 bits per heavy atom. The number of aryl methyl sites for hydroxylation is 2. The highest BCUT2D eigenvalue weighted by Crippen LogP contribution is 2.25. The van der Waals surface area contributed by atoms with E-state index < -0.39 is 6.04 Å². The fourth-order valence-electron chi connectivity index (χ4n) is 4.76. The molecular formula is C30H33ClN6O2. The number of rotatable bonds is 11. The van der Waals surface area contributed by atoms with Gasteiger partial charge < -0.3 is 25.3 Å². The highest BCUT2D eigenvalue weighted by Gasteiger charge is 2.24. The molecule has 1 unspecified atom stereocenters. The predicted molar refractivity (Wildman–Crippen MR) is 155 cm³/mol. The molecule has 8 nitrogen and oxygen atoms in total. The number of aromatic nitrogens is 4. The zero-order valence-electron chi connectivity index (χ0n) is 21.8. The maximum atomic E-state index is 12.5. The summed E-state index contributed by atoms with van der Waals surface area (Å²) in [5, 5.41) is 13.4. The number of carbonyl (C=O) groups is 1. The summed E-state index contributed by atoms with van der Waals surface area (Å²) in [5.41, 5.74) is 10.2. The molecule has 202 valence electrons. The van der Waals surface area contributed by atoms with Crippen LogP contribution in [-0.4, -0.2) is 39.3 Å². The van der Waals surface area contributed by atoms with Crippen molar-refractivity contribution in [1.82, 2.24) is 25.1 Å². The maximum absolute atomic E-state index is 12.5. The summed E-state index contributed by atoms with van der Waals surface area (Å²) < 4.78 is 7.46. The first-order chi connectivity index (χ1) is 18.6. The van der Waals surface area contributed by atoms with Crippen molar-refractivity contribution in [2.45, 2.75) is 31.8 Å². The molecular weight excluding hydrogens is 512 g/mol. The van der Waals surface area contributed by atoms with Crippen LogP contribution >= 0.6 is 12.4 Å². The second-order valence-electron chi connectivity index (χ2n) is 9.28. The number of nitrogens with zero attached hydrogens (tertiary/aromatic N) is 3. The molecule has 0 saturated carbocycles. The monoisotopic (exact) mass is 544 g/mol. The summed E-state index contributed by atoms with van der Waals surface area (Å²) in [6, 6.07) is 26.0. The first-order valence-corrected chi connectivity index (χ1v) is 12.8. The van der Waals surface area contributed by atoms with Crippen LogP contribution in [0.1, 0.15) is 34.4 Å². The van der Waals surface area contributed by atoms with Crippen LogP contribution in [0.5, 0.6) is 5.75 Å². The lowest BCUT2D eigenvalue weighted by Gasteiger charge is -2.20. The lowest BCUT2D eigenvalue weighted by atomic mass is 10.0. The third-order valence-corrected chi connectivity index (χ3v) is 6.77. The molecule has 0 bridgehead atoms. The van der Waals surface area contributed by atoms with Gasteiger partial charge in [-0.15, -0.1) is 22.6 Å². The highest BCUT2D eigenvalue weighted by molar-refractivity contribution is 5.85. The van der Waals surface area contributed by atoms with Crippen LogP contribution in [0.2, 0.25) is 0 Å². The molecule has 2 heterocycles. The minimum absolute atomic E-state index is 0. The molecule has 0 aliphatic carbocycles. The van der Waals surface area contributed by atoms with Crippen LogP contribution in [-0.2, 0) is 30.6 Å². The fraction of sp³-hybridized carbons (Fsp3) is 0.233. The number of halogens is 1. The molecule has 4 N–H and O–H groups in total. The second kappa shape index (κ2) is 13.1. The molecule has 39 heavy (non-hydrogen) atoms. The second-order valence-corrected chi connectivity index (χ2v) is 9.28. The van der Waals surface area contributed by atoms with Crippen LogP contribution in [0, 0.1) is 0 Å². The quantitative estimate of drug-likeness (QED) is 0.228. The Morgan fingerprint density at radius 1 is 0.974 bits per heavy atom. The van der Waals surface area contributed by atoms with Gasteiger partial charge >= 0.3 is 0 Å². The van der Waals surface area contributed by atoms with Gasteiger partial charge in [-0.05, 0) is 41.3 Å². The number of carbonyl (C=O) groups excluding carboxylic acids is 1. The Labute approximate surface area is 234 Å². The van der Waals surface area contributed by atoms with Gasteiger partial charge in [0.25, 0.3) is 0 Å². The Hall–Kier alpha value is -4.14. The fourth-order valence-corrected chi connectivity index (χ4v) is 4.76. The summed E-state index contributed by atoms with van der Waals surface area (Å²) in [6.07, 6.45) is 4.10. The number of hydrogen-bond donors (Lipinski definition) is 3. The van der Waals surface area contributed by atoms with Crippen molar-refractivity contribution >= 4 is 29.2 Å². The summed E-state index contributed by atoms with van der Waals surface area (Å²) in [6.45, 7) is 0.469. The van der Waals surface area contributed by atoms with Crippen molar-refractivity contribution < 1.29 is 9.53 Å². The van der Waals surface area contributed by atoms with Crippen molar-refractivity contribution in [1.29, 1.82) is 0 Å². The number of amides is 1. The molecule has 0 spiro atoms. The number of nitrogens with two attached hydrogens (primary N) is 1. The molecule has 0 fully saturated rings. The van der Waals surface area contributed by atoms with E-state index in [0.717, 1.165) is 46.4 Å². The smallest absolute Gasteiger partial charge is 0.234 e. The van der Waals surface area contributed by atoms with E-state index in [-0.39, 0.29) is 24.9 Å². The van der Waals surface area contributed by atoms with Gasteiger partial charge in [0.15, 0.2) is 5.82 Å². The number of H-pyrrole nitrogens is 1. The number of para-hydroxylation sites is 1. The van der Waals surface area contributed by atoms with Crippen LogP contribution in [0.3, 0.4) is 0 Å². The lowest BCUT2D eigenvalue weighted by molar-refractivity contribution is -0.120. The Morgan fingerprint density at radius 3 is 2.46 bits per heavy atom. The number of ether oxygens (including phenoxy) is 1. The van der Waals surface area contributed by atoms with Crippen LogP contribution in [0.15, 0.2) is 85.1 Å². The van der Waals surface area contributed by atoms with Crippen LogP contribution in [0.25, 0.3) is 10.9 Å². The average Bonchev–Trinajstić information content (AvgIpc) is 3.56. The van der Waals surface area contributed by atoms with Gasteiger partial charge in [0, 0.05) is 29.9 Å². The van der Waals surface area contributed by atoms with E-state index in [0.29, 0.717) is 18.8 Å². The molecule has 0 aliphatic heterocycles. The molecule has 1 amide bonds. The van der Waals surface area contributed by atoms with Gasteiger partial charge in [0.2, 0.25) is 5.91 Å². The number of benzene rings is 3. The number of fused-ring (bicyclic) bond motifs is 1. The molecule has 3 aromatic carbocycles.